The highest BCUT2D eigenvalue weighted by Gasteiger charge is 2.17. The molecule has 0 saturated carbocycles. The Morgan fingerprint density at radius 3 is 2.41 bits per heavy atom. The van der Waals surface area contributed by atoms with Crippen LogP contribution in [0.3, 0.4) is 0 Å². The molecule has 0 aliphatic carbocycles. The summed E-state index contributed by atoms with van der Waals surface area (Å²) in [5.41, 5.74) is 9.84. The lowest BCUT2D eigenvalue weighted by Crippen LogP contribution is -2.19. The molecule has 0 bridgehead atoms. The van der Waals surface area contributed by atoms with Crippen molar-refractivity contribution in [2.24, 2.45) is 0 Å². The zero-order chi connectivity index (χ0) is 22.5. The number of rotatable bonds is 5. The van der Waals surface area contributed by atoms with E-state index in [0.29, 0.717) is 28.0 Å². The molecule has 5 rings (SSSR count). The summed E-state index contributed by atoms with van der Waals surface area (Å²) < 4.78 is 21.7. The molecule has 1 fully saturated rings. The molecule has 1 atom stereocenters. The number of hydrogen-bond donors (Lipinski definition) is 3. The Hall–Kier alpha value is -3.17. The maximum Gasteiger partial charge on any atom is 0.326 e. The number of pyridine rings is 1. The molecule has 0 amide bonds. The van der Waals surface area contributed by atoms with Gasteiger partial charge in [-0.15, -0.1) is 0 Å². The number of fused-ring (bicyclic) bond motifs is 3. The van der Waals surface area contributed by atoms with Gasteiger partial charge in [-0.3, -0.25) is 9.47 Å². The van der Waals surface area contributed by atoms with Gasteiger partial charge in [0.1, 0.15) is 11.3 Å². The second-order valence-corrected chi connectivity index (χ2v) is 10.7. The van der Waals surface area contributed by atoms with Crippen molar-refractivity contribution in [3.05, 3.63) is 64.1 Å². The predicted octanol–water partition coefficient (Wildman–Crippen LogP) is 3.14. The topological polar surface area (TPSA) is 121 Å². The quantitative estimate of drug-likeness (QED) is 0.431. The van der Waals surface area contributed by atoms with Crippen LogP contribution >= 0.6 is 0 Å². The van der Waals surface area contributed by atoms with Crippen molar-refractivity contribution in [3.63, 3.8) is 0 Å². The van der Waals surface area contributed by atoms with Gasteiger partial charge in [0.25, 0.3) is 0 Å². The van der Waals surface area contributed by atoms with Gasteiger partial charge in [0.05, 0.1) is 27.3 Å². The number of nitrogens with one attached hydrogen (secondary N) is 2. The molecule has 1 aliphatic rings. The van der Waals surface area contributed by atoms with Crippen molar-refractivity contribution >= 4 is 37.5 Å². The number of nitrogens with two attached hydrogens (primary N) is 1. The number of anilines is 1. The molecular weight excluding hydrogens is 424 g/mol. The SMILES string of the molecule is CS(=N)(=O)c1ccc2c(c1)nc(N)c1[nH]c(=O)n(Cc3ccc(CN4CCCC4)cc3)c12. The van der Waals surface area contributed by atoms with E-state index in [4.69, 9.17) is 10.5 Å². The number of benzene rings is 2. The molecule has 1 aliphatic heterocycles. The van der Waals surface area contributed by atoms with Crippen molar-refractivity contribution < 1.29 is 4.21 Å². The normalized spacial score (nSPS) is 16.7. The third kappa shape index (κ3) is 3.78. The second kappa shape index (κ2) is 7.75. The summed E-state index contributed by atoms with van der Waals surface area (Å²) in [6.45, 7) is 3.67. The van der Waals surface area contributed by atoms with Crippen LogP contribution in [0.25, 0.3) is 21.9 Å². The first-order valence-corrected chi connectivity index (χ1v) is 12.6. The molecule has 1 unspecified atom stereocenters. The van der Waals surface area contributed by atoms with Gasteiger partial charge < -0.3 is 10.7 Å². The Labute approximate surface area is 186 Å². The summed E-state index contributed by atoms with van der Waals surface area (Å²) in [5.74, 6) is 0.203. The average Bonchev–Trinajstić information content (AvgIpc) is 3.37. The highest BCUT2D eigenvalue weighted by atomic mass is 32.2. The van der Waals surface area contributed by atoms with Gasteiger partial charge in [0.15, 0.2) is 0 Å². The molecule has 4 N–H and O–H groups in total. The monoisotopic (exact) mass is 450 g/mol. The number of nitrogen functional groups attached to an aromatic ring is 1. The Bertz CT molecular complexity index is 1480. The summed E-state index contributed by atoms with van der Waals surface area (Å²) in [6, 6.07) is 13.4. The lowest BCUT2D eigenvalue weighted by molar-refractivity contribution is 0.331. The summed E-state index contributed by atoms with van der Waals surface area (Å²) in [7, 11) is -2.89. The van der Waals surface area contributed by atoms with Crippen LogP contribution in [0.4, 0.5) is 5.82 Å². The minimum Gasteiger partial charge on any atom is -0.382 e. The Morgan fingerprint density at radius 2 is 1.75 bits per heavy atom. The van der Waals surface area contributed by atoms with Crippen molar-refractivity contribution in [3.8, 4) is 0 Å². The molecule has 3 heterocycles. The number of aromatic amines is 1. The van der Waals surface area contributed by atoms with Crippen LogP contribution in [-0.4, -0.2) is 43.0 Å². The first-order chi connectivity index (χ1) is 15.3. The molecule has 4 aromatic rings. The average molecular weight is 451 g/mol. The first kappa shape index (κ1) is 20.7. The highest BCUT2D eigenvalue weighted by molar-refractivity contribution is 7.91. The lowest BCUT2D eigenvalue weighted by Gasteiger charge is -2.15. The molecule has 2 aromatic heterocycles. The van der Waals surface area contributed by atoms with E-state index in [1.165, 1.54) is 24.7 Å². The van der Waals surface area contributed by atoms with E-state index in [1.807, 2.05) is 0 Å². The van der Waals surface area contributed by atoms with Gasteiger partial charge in [-0.25, -0.2) is 18.8 Å². The maximum absolute atomic E-state index is 12.8. The van der Waals surface area contributed by atoms with Crippen molar-refractivity contribution in [1.82, 2.24) is 19.4 Å². The van der Waals surface area contributed by atoms with Gasteiger partial charge in [-0.2, -0.15) is 0 Å². The molecule has 0 spiro atoms. The van der Waals surface area contributed by atoms with Gasteiger partial charge in [0, 0.05) is 23.1 Å². The third-order valence-electron chi connectivity index (χ3n) is 6.12. The minimum atomic E-state index is -2.89. The highest BCUT2D eigenvalue weighted by Crippen LogP contribution is 2.28. The van der Waals surface area contributed by atoms with Crippen LogP contribution < -0.4 is 11.4 Å². The van der Waals surface area contributed by atoms with Gasteiger partial charge in [0.2, 0.25) is 0 Å². The van der Waals surface area contributed by atoms with E-state index in [0.717, 1.165) is 30.6 Å². The fourth-order valence-electron chi connectivity index (χ4n) is 4.45. The fourth-order valence-corrected chi connectivity index (χ4v) is 5.11. The number of nitrogens with zero attached hydrogens (tertiary/aromatic N) is 3. The van der Waals surface area contributed by atoms with Crippen molar-refractivity contribution in [2.45, 2.75) is 30.8 Å². The fraction of sp³-hybridized carbons (Fsp3) is 0.304. The van der Waals surface area contributed by atoms with Crippen LogP contribution in [0.1, 0.15) is 24.0 Å². The minimum absolute atomic E-state index is 0.203. The van der Waals surface area contributed by atoms with Gasteiger partial charge in [-0.1, -0.05) is 24.3 Å². The molecular formula is C23H26N6O2S. The molecule has 1 saturated heterocycles. The van der Waals surface area contributed by atoms with E-state index >= 15 is 0 Å². The van der Waals surface area contributed by atoms with Gasteiger partial charge in [-0.05, 0) is 55.3 Å². The molecule has 8 nitrogen and oxygen atoms in total. The molecule has 2 aromatic carbocycles. The number of H-pyrrole nitrogens is 1. The second-order valence-electron chi connectivity index (χ2n) is 8.56. The summed E-state index contributed by atoms with van der Waals surface area (Å²) >= 11 is 0. The van der Waals surface area contributed by atoms with Crippen LogP contribution in [0, 0.1) is 4.78 Å². The van der Waals surface area contributed by atoms with Crippen LogP contribution in [0.2, 0.25) is 0 Å². The summed E-state index contributed by atoms with van der Waals surface area (Å²) in [5, 5.41) is 0.727. The smallest absolute Gasteiger partial charge is 0.326 e. The summed E-state index contributed by atoms with van der Waals surface area (Å²) in [4.78, 5) is 22.9. The van der Waals surface area contributed by atoms with Crippen molar-refractivity contribution in [1.29, 1.82) is 4.78 Å². The van der Waals surface area contributed by atoms with Crippen molar-refractivity contribution in [2.75, 3.05) is 25.1 Å². The van der Waals surface area contributed by atoms with E-state index in [9.17, 15) is 9.00 Å². The Kier molecular flexibility index (Phi) is 5.02. The van der Waals surface area contributed by atoms with E-state index in [-0.39, 0.29) is 11.5 Å². The molecule has 9 heteroatoms. The number of likely N-dealkylation sites (tertiary alicyclic amines) is 1. The van der Waals surface area contributed by atoms with Crippen LogP contribution in [0.5, 0.6) is 0 Å². The summed E-state index contributed by atoms with van der Waals surface area (Å²) in [6.07, 6.45) is 3.91. The van der Waals surface area contributed by atoms with E-state index in [1.54, 1.807) is 22.8 Å². The Morgan fingerprint density at radius 1 is 1.09 bits per heavy atom. The predicted molar refractivity (Wildman–Crippen MR) is 127 cm³/mol. The van der Waals surface area contributed by atoms with Crippen LogP contribution in [-0.2, 0) is 22.8 Å². The zero-order valence-corrected chi connectivity index (χ0v) is 18.7. The zero-order valence-electron chi connectivity index (χ0n) is 17.9. The van der Waals surface area contributed by atoms with E-state index < -0.39 is 9.73 Å². The third-order valence-corrected chi connectivity index (χ3v) is 7.28. The standard InChI is InChI=1S/C23H26N6O2S/c1-32(25,31)17-8-9-18-19(12-17)26-22(24)20-21(18)29(23(30)27-20)14-16-6-4-15(5-7-16)13-28-10-2-3-11-28/h4-9,12,25H,2-3,10-11,13-14H2,1H3,(H2,24,26)(H,27,30). The number of imidazole rings is 1. The molecule has 166 valence electrons. The van der Waals surface area contributed by atoms with Crippen LogP contribution in [0.15, 0.2) is 52.2 Å². The largest absolute Gasteiger partial charge is 0.382 e. The number of aromatic nitrogens is 3. The maximum atomic E-state index is 12.8. The van der Waals surface area contributed by atoms with Gasteiger partial charge >= 0.3 is 5.69 Å². The lowest BCUT2D eigenvalue weighted by atomic mass is 10.1. The van der Waals surface area contributed by atoms with E-state index in [2.05, 4.69) is 39.1 Å². The Balaban J connectivity index is 1.54. The first-order valence-electron chi connectivity index (χ1n) is 10.7. The molecule has 0 radical (unpaired) electrons. The number of hydrogen-bond acceptors (Lipinski definition) is 6. The molecule has 32 heavy (non-hydrogen) atoms.